The van der Waals surface area contributed by atoms with Gasteiger partial charge >= 0.3 is 0 Å². The predicted molar refractivity (Wildman–Crippen MR) is 138 cm³/mol. The first-order chi connectivity index (χ1) is 18.1. The van der Waals surface area contributed by atoms with E-state index in [-0.39, 0.29) is 11.7 Å². The molecule has 1 aliphatic rings. The van der Waals surface area contributed by atoms with Crippen LogP contribution in [0.1, 0.15) is 36.7 Å². The average molecular weight is 505 g/mol. The first-order valence-electron chi connectivity index (χ1n) is 12.6. The van der Waals surface area contributed by atoms with Gasteiger partial charge in [0.2, 0.25) is 0 Å². The van der Waals surface area contributed by atoms with E-state index >= 15 is 0 Å². The molecule has 3 heterocycles. The summed E-state index contributed by atoms with van der Waals surface area (Å²) in [6.07, 6.45) is 2.17. The largest absolute Gasteiger partial charge is 0.496 e. The van der Waals surface area contributed by atoms with Crippen LogP contribution in [0, 0.1) is 0 Å². The maximum absolute atomic E-state index is 13.1. The van der Waals surface area contributed by atoms with Gasteiger partial charge in [-0.25, -0.2) is 4.68 Å². The summed E-state index contributed by atoms with van der Waals surface area (Å²) in [5, 5.41) is 13.4. The maximum Gasteiger partial charge on any atom is 0.252 e. The SMILES string of the molecule is CCOc1ccc2[nH]c(=O)c(CN(Cc3ccccc3OC)Cc3nnnn3C[C@H]3CCCO3)cc2c1. The number of ether oxygens (including phenoxy) is 3. The molecule has 0 bridgehead atoms. The Morgan fingerprint density at radius 2 is 2.00 bits per heavy atom. The molecule has 0 unspecified atom stereocenters. The van der Waals surface area contributed by atoms with Crippen LogP contribution >= 0.6 is 0 Å². The normalized spacial score (nSPS) is 15.5. The zero-order valence-electron chi connectivity index (χ0n) is 21.2. The molecule has 4 aromatic rings. The van der Waals surface area contributed by atoms with Crippen LogP contribution in [0.5, 0.6) is 11.5 Å². The first-order valence-corrected chi connectivity index (χ1v) is 12.6. The molecular formula is C27H32N6O4. The molecule has 2 aromatic carbocycles. The highest BCUT2D eigenvalue weighted by atomic mass is 16.5. The van der Waals surface area contributed by atoms with Gasteiger partial charge in [-0.05, 0) is 60.5 Å². The van der Waals surface area contributed by atoms with Crippen molar-refractivity contribution in [1.29, 1.82) is 0 Å². The molecule has 5 rings (SSSR count). The number of nitrogens with one attached hydrogen (secondary N) is 1. The van der Waals surface area contributed by atoms with Crippen molar-refractivity contribution in [3.63, 3.8) is 0 Å². The minimum absolute atomic E-state index is 0.118. The van der Waals surface area contributed by atoms with E-state index in [4.69, 9.17) is 14.2 Å². The zero-order valence-corrected chi connectivity index (χ0v) is 21.2. The van der Waals surface area contributed by atoms with Crippen LogP contribution in [0.25, 0.3) is 10.9 Å². The van der Waals surface area contributed by atoms with Crippen LogP contribution in [0.15, 0.2) is 53.3 Å². The van der Waals surface area contributed by atoms with Gasteiger partial charge in [-0.1, -0.05) is 18.2 Å². The molecule has 194 valence electrons. The Morgan fingerprint density at radius 3 is 2.81 bits per heavy atom. The number of aromatic nitrogens is 5. The topological polar surface area (TPSA) is 107 Å². The highest BCUT2D eigenvalue weighted by Crippen LogP contribution is 2.23. The second kappa shape index (κ2) is 11.5. The molecule has 10 heteroatoms. The monoisotopic (exact) mass is 504 g/mol. The summed E-state index contributed by atoms with van der Waals surface area (Å²) in [4.78, 5) is 18.2. The van der Waals surface area contributed by atoms with Crippen molar-refractivity contribution >= 4 is 10.9 Å². The molecule has 0 saturated carbocycles. The number of rotatable bonds is 11. The minimum Gasteiger partial charge on any atom is -0.496 e. The maximum atomic E-state index is 13.1. The second-order valence-electron chi connectivity index (χ2n) is 9.18. The molecule has 1 N–H and O–H groups in total. The highest BCUT2D eigenvalue weighted by molar-refractivity contribution is 5.80. The second-order valence-corrected chi connectivity index (χ2v) is 9.18. The van der Waals surface area contributed by atoms with Gasteiger partial charge in [0.1, 0.15) is 11.5 Å². The molecule has 2 aromatic heterocycles. The van der Waals surface area contributed by atoms with Gasteiger partial charge in [-0.2, -0.15) is 0 Å². The lowest BCUT2D eigenvalue weighted by Crippen LogP contribution is -2.29. The molecule has 1 aliphatic heterocycles. The number of methoxy groups -OCH3 is 1. The van der Waals surface area contributed by atoms with Crippen molar-refractivity contribution in [2.75, 3.05) is 20.3 Å². The molecule has 0 radical (unpaired) electrons. The summed E-state index contributed by atoms with van der Waals surface area (Å²) in [5.41, 5.74) is 2.31. The van der Waals surface area contributed by atoms with Crippen LogP contribution in [-0.4, -0.2) is 56.5 Å². The summed E-state index contributed by atoms with van der Waals surface area (Å²) < 4.78 is 18.8. The van der Waals surface area contributed by atoms with Gasteiger partial charge in [0, 0.05) is 41.7 Å². The molecule has 10 nitrogen and oxygen atoms in total. The van der Waals surface area contributed by atoms with Crippen molar-refractivity contribution in [3.8, 4) is 11.5 Å². The molecule has 0 aliphatic carbocycles. The van der Waals surface area contributed by atoms with Gasteiger partial charge < -0.3 is 19.2 Å². The van der Waals surface area contributed by atoms with Crippen LogP contribution in [0.2, 0.25) is 0 Å². The van der Waals surface area contributed by atoms with Gasteiger partial charge in [0.25, 0.3) is 5.56 Å². The molecule has 0 amide bonds. The smallest absolute Gasteiger partial charge is 0.252 e. The van der Waals surface area contributed by atoms with Gasteiger partial charge in [0.15, 0.2) is 5.82 Å². The Balaban J connectivity index is 1.45. The number of tetrazole rings is 1. The number of nitrogens with zero attached hydrogens (tertiary/aromatic N) is 5. The van der Waals surface area contributed by atoms with E-state index in [1.807, 2.05) is 60.1 Å². The third-order valence-corrected chi connectivity index (χ3v) is 6.56. The van der Waals surface area contributed by atoms with Crippen molar-refractivity contribution in [2.45, 2.75) is 52.0 Å². The van der Waals surface area contributed by atoms with E-state index < -0.39 is 0 Å². The van der Waals surface area contributed by atoms with Crippen molar-refractivity contribution in [3.05, 3.63) is 75.8 Å². The fourth-order valence-corrected chi connectivity index (χ4v) is 4.75. The lowest BCUT2D eigenvalue weighted by atomic mass is 10.1. The van der Waals surface area contributed by atoms with Crippen LogP contribution in [0.4, 0.5) is 0 Å². The number of benzene rings is 2. The Hall–Kier alpha value is -3.76. The van der Waals surface area contributed by atoms with E-state index in [0.29, 0.717) is 38.3 Å². The Bertz CT molecular complexity index is 1400. The Morgan fingerprint density at radius 1 is 1.14 bits per heavy atom. The molecule has 0 spiro atoms. The number of hydrogen-bond donors (Lipinski definition) is 1. The summed E-state index contributed by atoms with van der Waals surface area (Å²) in [6.45, 7) is 5.32. The van der Waals surface area contributed by atoms with E-state index in [1.165, 1.54) is 0 Å². The van der Waals surface area contributed by atoms with E-state index in [9.17, 15) is 4.79 Å². The summed E-state index contributed by atoms with van der Waals surface area (Å²) in [7, 11) is 1.66. The first kappa shape index (κ1) is 24.9. The number of H-pyrrole nitrogens is 1. The fourth-order valence-electron chi connectivity index (χ4n) is 4.75. The summed E-state index contributed by atoms with van der Waals surface area (Å²) in [5.74, 6) is 2.29. The van der Waals surface area contributed by atoms with Gasteiger partial charge in [0.05, 0.1) is 32.9 Å². The van der Waals surface area contributed by atoms with E-state index in [0.717, 1.165) is 53.2 Å². The third-order valence-electron chi connectivity index (χ3n) is 6.56. The summed E-state index contributed by atoms with van der Waals surface area (Å²) in [6, 6.07) is 15.5. The standard InChI is InChI=1S/C27H32N6O4/c1-3-36-22-10-11-24-20(14-22)13-21(27(34)28-24)16-32(15-19-7-4-5-9-25(19)35-2)18-26-29-30-31-33(26)17-23-8-6-12-37-23/h4-5,7,9-11,13-14,23H,3,6,8,12,15-18H2,1-2H3,(H,28,34)/t23-/m1/s1. The Labute approximate surface area is 215 Å². The van der Waals surface area contributed by atoms with Crippen LogP contribution in [-0.2, 0) is 30.9 Å². The van der Waals surface area contributed by atoms with E-state index in [2.05, 4.69) is 25.4 Å². The lowest BCUT2D eigenvalue weighted by molar-refractivity contribution is 0.0914. The molecule has 1 atom stereocenters. The minimum atomic E-state index is -0.124. The third kappa shape index (κ3) is 5.98. The predicted octanol–water partition coefficient (Wildman–Crippen LogP) is 3.30. The average Bonchev–Trinajstić information content (AvgIpc) is 3.58. The zero-order chi connectivity index (χ0) is 25.6. The molecule has 37 heavy (non-hydrogen) atoms. The number of fused-ring (bicyclic) bond motifs is 1. The van der Waals surface area contributed by atoms with Gasteiger partial charge in [-0.15, -0.1) is 5.10 Å². The molecule has 1 saturated heterocycles. The number of pyridine rings is 1. The molecule has 1 fully saturated rings. The highest BCUT2D eigenvalue weighted by Gasteiger charge is 2.21. The lowest BCUT2D eigenvalue weighted by Gasteiger charge is -2.23. The fraction of sp³-hybridized carbons (Fsp3) is 0.407. The van der Waals surface area contributed by atoms with E-state index in [1.54, 1.807) is 7.11 Å². The van der Waals surface area contributed by atoms with Crippen molar-refractivity contribution in [2.24, 2.45) is 0 Å². The van der Waals surface area contributed by atoms with Crippen molar-refractivity contribution in [1.82, 2.24) is 30.1 Å². The van der Waals surface area contributed by atoms with Crippen molar-refractivity contribution < 1.29 is 14.2 Å². The van der Waals surface area contributed by atoms with Crippen LogP contribution in [0.3, 0.4) is 0 Å². The number of para-hydroxylation sites is 1. The number of aromatic amines is 1. The number of hydrogen-bond acceptors (Lipinski definition) is 8. The summed E-state index contributed by atoms with van der Waals surface area (Å²) >= 11 is 0. The quantitative estimate of drug-likeness (QED) is 0.332. The Kier molecular flexibility index (Phi) is 7.76. The van der Waals surface area contributed by atoms with Gasteiger partial charge in [-0.3, -0.25) is 9.69 Å². The van der Waals surface area contributed by atoms with Crippen LogP contribution < -0.4 is 15.0 Å². The molecular weight excluding hydrogens is 472 g/mol.